The van der Waals surface area contributed by atoms with Crippen LogP contribution in [-0.4, -0.2) is 63.1 Å². The van der Waals surface area contributed by atoms with Crippen LogP contribution >= 0.6 is 0 Å². The van der Waals surface area contributed by atoms with Crippen molar-refractivity contribution in [3.05, 3.63) is 12.7 Å². The molecule has 1 aliphatic rings. The minimum Gasteiger partial charge on any atom is -0.301 e. The van der Waals surface area contributed by atoms with Gasteiger partial charge in [-0.25, -0.2) is 20.0 Å². The standard InChI is InChI=1S/C27H52N6/c1-7-9-11-12-13-14-15-16-17-20-33(26-29-22-28-23-30-26)32(19-10-8-2)25-18-21-31(6)27(4,5)24(25)3/h22-25H,7-21H2,1-6H3. The zero-order valence-corrected chi connectivity index (χ0v) is 22.6. The lowest BCUT2D eigenvalue weighted by Gasteiger charge is -2.53. The molecular weight excluding hydrogens is 408 g/mol. The Morgan fingerprint density at radius 3 is 2.06 bits per heavy atom. The molecule has 0 aliphatic carbocycles. The van der Waals surface area contributed by atoms with E-state index in [0.717, 1.165) is 25.6 Å². The molecule has 33 heavy (non-hydrogen) atoms. The molecule has 2 rings (SSSR count). The van der Waals surface area contributed by atoms with Crippen molar-refractivity contribution >= 4 is 5.95 Å². The number of hydrazine groups is 1. The molecule has 0 saturated carbocycles. The Morgan fingerprint density at radius 2 is 1.45 bits per heavy atom. The van der Waals surface area contributed by atoms with Crippen LogP contribution in [0.3, 0.4) is 0 Å². The Balaban J connectivity index is 2.05. The monoisotopic (exact) mass is 460 g/mol. The fourth-order valence-corrected chi connectivity index (χ4v) is 5.16. The topological polar surface area (TPSA) is 48.4 Å². The molecule has 0 radical (unpaired) electrons. The van der Waals surface area contributed by atoms with Crippen molar-refractivity contribution in [1.82, 2.24) is 24.9 Å². The quantitative estimate of drug-likeness (QED) is 0.212. The molecule has 0 amide bonds. The fraction of sp³-hybridized carbons (Fsp3) is 0.889. The van der Waals surface area contributed by atoms with E-state index >= 15 is 0 Å². The first-order chi connectivity index (χ1) is 15.9. The maximum absolute atomic E-state index is 4.59. The van der Waals surface area contributed by atoms with E-state index in [0.29, 0.717) is 12.0 Å². The van der Waals surface area contributed by atoms with Crippen LogP contribution in [0.25, 0.3) is 0 Å². The summed E-state index contributed by atoms with van der Waals surface area (Å²) < 4.78 is 0. The van der Waals surface area contributed by atoms with Crippen molar-refractivity contribution in [3.8, 4) is 0 Å². The SMILES string of the molecule is CCCCCCCCCCCN(c1ncncn1)N(CCCC)C1CCN(C)C(C)(C)C1C. The van der Waals surface area contributed by atoms with Gasteiger partial charge in [0.05, 0.1) is 0 Å². The number of piperidine rings is 1. The molecule has 2 heterocycles. The third-order valence-corrected chi connectivity index (χ3v) is 8.05. The van der Waals surface area contributed by atoms with Crippen LogP contribution in [-0.2, 0) is 0 Å². The molecule has 190 valence electrons. The third kappa shape index (κ3) is 8.47. The summed E-state index contributed by atoms with van der Waals surface area (Å²) in [6, 6.07) is 0.498. The number of hydrogen-bond acceptors (Lipinski definition) is 6. The van der Waals surface area contributed by atoms with Gasteiger partial charge in [0, 0.05) is 24.7 Å². The number of nitrogens with zero attached hydrogens (tertiary/aromatic N) is 6. The summed E-state index contributed by atoms with van der Waals surface area (Å²) >= 11 is 0. The van der Waals surface area contributed by atoms with E-state index in [-0.39, 0.29) is 5.54 Å². The van der Waals surface area contributed by atoms with E-state index in [2.05, 4.69) is 71.5 Å². The first kappa shape index (κ1) is 28.0. The summed E-state index contributed by atoms with van der Waals surface area (Å²) in [4.78, 5) is 15.8. The van der Waals surface area contributed by atoms with Crippen LogP contribution < -0.4 is 5.01 Å². The second kappa shape index (κ2) is 14.9. The number of anilines is 1. The molecule has 2 unspecified atom stereocenters. The molecule has 2 atom stereocenters. The lowest BCUT2D eigenvalue weighted by molar-refractivity contribution is -0.0226. The molecule has 1 aromatic rings. The first-order valence-electron chi connectivity index (χ1n) is 13.8. The van der Waals surface area contributed by atoms with Crippen molar-refractivity contribution in [2.75, 3.05) is 31.7 Å². The Labute approximate surface area is 204 Å². The minimum absolute atomic E-state index is 0.177. The van der Waals surface area contributed by atoms with Crippen LogP contribution in [0.4, 0.5) is 5.95 Å². The van der Waals surface area contributed by atoms with Gasteiger partial charge in [-0.1, -0.05) is 78.6 Å². The largest absolute Gasteiger partial charge is 0.301 e. The highest BCUT2D eigenvalue weighted by atomic mass is 15.7. The average molecular weight is 461 g/mol. The van der Waals surface area contributed by atoms with Gasteiger partial charge in [0.25, 0.3) is 0 Å². The predicted octanol–water partition coefficient (Wildman–Crippen LogP) is 6.34. The van der Waals surface area contributed by atoms with Crippen molar-refractivity contribution in [1.29, 1.82) is 0 Å². The molecule has 0 spiro atoms. The number of unbranched alkanes of at least 4 members (excludes halogenated alkanes) is 9. The van der Waals surface area contributed by atoms with Gasteiger partial charge in [0.15, 0.2) is 0 Å². The van der Waals surface area contributed by atoms with Crippen molar-refractivity contribution in [2.45, 2.75) is 123 Å². The molecule has 1 aromatic heterocycles. The molecular formula is C27H52N6. The maximum Gasteiger partial charge on any atom is 0.243 e. The van der Waals surface area contributed by atoms with Gasteiger partial charge in [-0.15, -0.1) is 0 Å². The second-order valence-corrected chi connectivity index (χ2v) is 10.6. The van der Waals surface area contributed by atoms with Crippen LogP contribution in [0.1, 0.15) is 112 Å². The van der Waals surface area contributed by atoms with Crippen LogP contribution in [0.2, 0.25) is 0 Å². The highest BCUT2D eigenvalue weighted by molar-refractivity contribution is 5.26. The van der Waals surface area contributed by atoms with Crippen molar-refractivity contribution in [3.63, 3.8) is 0 Å². The molecule has 6 heteroatoms. The first-order valence-corrected chi connectivity index (χ1v) is 13.8. The molecule has 6 nitrogen and oxygen atoms in total. The number of hydrogen-bond donors (Lipinski definition) is 0. The zero-order valence-electron chi connectivity index (χ0n) is 22.6. The lowest BCUT2D eigenvalue weighted by Crippen LogP contribution is -2.63. The molecule has 0 bridgehead atoms. The molecule has 1 saturated heterocycles. The third-order valence-electron chi connectivity index (χ3n) is 8.05. The Hall–Kier alpha value is -1.27. The lowest BCUT2D eigenvalue weighted by atomic mass is 9.77. The van der Waals surface area contributed by atoms with Crippen LogP contribution in [0.5, 0.6) is 0 Å². The highest BCUT2D eigenvalue weighted by Crippen LogP contribution is 2.36. The summed E-state index contributed by atoms with van der Waals surface area (Å²) in [5.41, 5.74) is 0.177. The van der Waals surface area contributed by atoms with Crippen molar-refractivity contribution in [2.24, 2.45) is 5.92 Å². The van der Waals surface area contributed by atoms with E-state index < -0.39 is 0 Å². The van der Waals surface area contributed by atoms with E-state index in [1.165, 1.54) is 77.0 Å². The van der Waals surface area contributed by atoms with E-state index in [4.69, 9.17) is 0 Å². The molecule has 1 aliphatic heterocycles. The highest BCUT2D eigenvalue weighted by Gasteiger charge is 2.43. The van der Waals surface area contributed by atoms with Gasteiger partial charge in [0.2, 0.25) is 5.95 Å². The van der Waals surface area contributed by atoms with Gasteiger partial charge in [-0.3, -0.25) is 5.01 Å². The fourth-order valence-electron chi connectivity index (χ4n) is 5.16. The maximum atomic E-state index is 4.59. The second-order valence-electron chi connectivity index (χ2n) is 10.6. The van der Waals surface area contributed by atoms with E-state index in [1.54, 1.807) is 12.7 Å². The summed E-state index contributed by atoms with van der Waals surface area (Å²) in [6.07, 6.45) is 19.0. The Morgan fingerprint density at radius 1 is 0.879 bits per heavy atom. The Bertz CT molecular complexity index is 622. The van der Waals surface area contributed by atoms with E-state index in [1.807, 2.05) is 0 Å². The number of likely N-dealkylation sites (tertiary alicyclic amines) is 1. The van der Waals surface area contributed by atoms with Crippen LogP contribution in [0.15, 0.2) is 12.7 Å². The smallest absolute Gasteiger partial charge is 0.243 e. The Kier molecular flexibility index (Phi) is 12.6. The number of aromatic nitrogens is 3. The summed E-state index contributed by atoms with van der Waals surface area (Å²) in [5.74, 6) is 1.37. The summed E-state index contributed by atoms with van der Waals surface area (Å²) in [5, 5.41) is 5.03. The van der Waals surface area contributed by atoms with Crippen LogP contribution in [0, 0.1) is 5.92 Å². The molecule has 1 fully saturated rings. The number of rotatable bonds is 16. The van der Waals surface area contributed by atoms with Gasteiger partial charge < -0.3 is 4.90 Å². The molecule has 0 N–H and O–H groups in total. The summed E-state index contributed by atoms with van der Waals surface area (Å²) in [6.45, 7) is 15.0. The van der Waals surface area contributed by atoms with Gasteiger partial charge in [-0.2, -0.15) is 0 Å². The zero-order chi connectivity index (χ0) is 24.1. The molecule has 0 aromatic carbocycles. The van der Waals surface area contributed by atoms with Gasteiger partial charge in [0.1, 0.15) is 12.7 Å². The minimum atomic E-state index is 0.177. The predicted molar refractivity (Wildman–Crippen MR) is 140 cm³/mol. The van der Waals surface area contributed by atoms with E-state index in [9.17, 15) is 0 Å². The average Bonchev–Trinajstić information content (AvgIpc) is 2.82. The van der Waals surface area contributed by atoms with Gasteiger partial charge in [-0.05, 0) is 52.6 Å². The normalized spacial score (nSPS) is 20.9. The summed E-state index contributed by atoms with van der Waals surface area (Å²) in [7, 11) is 2.27. The van der Waals surface area contributed by atoms with Crippen molar-refractivity contribution < 1.29 is 0 Å². The van der Waals surface area contributed by atoms with Gasteiger partial charge >= 0.3 is 0 Å².